The minimum atomic E-state index is -1.01. The number of carbonyl (C=O) groups excluding carboxylic acids is 4. The third-order valence-corrected chi connectivity index (χ3v) is 6.90. The van der Waals surface area contributed by atoms with Crippen molar-refractivity contribution in [3.63, 3.8) is 0 Å². The molecule has 0 bridgehead atoms. The molecule has 1 saturated carbocycles. The van der Waals surface area contributed by atoms with Crippen LogP contribution in [-0.2, 0) is 14.4 Å². The summed E-state index contributed by atoms with van der Waals surface area (Å²) in [6.45, 7) is 0.601. The van der Waals surface area contributed by atoms with Crippen LogP contribution in [-0.4, -0.2) is 54.4 Å². The van der Waals surface area contributed by atoms with Gasteiger partial charge in [-0.05, 0) is 43.7 Å². The van der Waals surface area contributed by atoms with E-state index in [1.165, 1.54) is 7.11 Å². The predicted molar refractivity (Wildman–Crippen MR) is 130 cm³/mol. The van der Waals surface area contributed by atoms with Gasteiger partial charge in [0.15, 0.2) is 0 Å². The van der Waals surface area contributed by atoms with Crippen molar-refractivity contribution in [2.45, 2.75) is 50.6 Å². The Balaban J connectivity index is 1.47. The average Bonchev–Trinajstić information content (AvgIpc) is 3.53. The van der Waals surface area contributed by atoms with Crippen LogP contribution in [0.1, 0.15) is 49.0 Å². The highest BCUT2D eigenvalue weighted by molar-refractivity contribution is 6.35. The molecule has 0 radical (unpaired) electrons. The molecule has 1 saturated heterocycles. The first-order valence-corrected chi connectivity index (χ1v) is 12.2. The van der Waals surface area contributed by atoms with Crippen molar-refractivity contribution in [2.24, 2.45) is 17.6 Å². The van der Waals surface area contributed by atoms with Crippen LogP contribution in [0.25, 0.3) is 10.9 Å². The second-order valence-corrected chi connectivity index (χ2v) is 9.70. The maximum Gasteiger partial charge on any atom is 0.268 e. The molecule has 1 aliphatic heterocycles. The van der Waals surface area contributed by atoms with Gasteiger partial charge in [-0.2, -0.15) is 0 Å². The van der Waals surface area contributed by atoms with Gasteiger partial charge in [0.2, 0.25) is 17.7 Å². The number of halogens is 1. The van der Waals surface area contributed by atoms with Crippen molar-refractivity contribution in [2.75, 3.05) is 13.7 Å². The van der Waals surface area contributed by atoms with E-state index in [1.807, 2.05) is 0 Å². The lowest BCUT2D eigenvalue weighted by molar-refractivity contribution is -0.131. The number of piperidine rings is 1. The lowest BCUT2D eigenvalue weighted by Gasteiger charge is -2.27. The van der Waals surface area contributed by atoms with Crippen molar-refractivity contribution in [1.29, 1.82) is 0 Å². The van der Waals surface area contributed by atoms with Gasteiger partial charge < -0.3 is 31.4 Å². The predicted octanol–water partition coefficient (Wildman–Crippen LogP) is 1.61. The van der Waals surface area contributed by atoms with Crippen LogP contribution in [0.2, 0.25) is 5.02 Å². The number of H-pyrrole nitrogens is 1. The highest BCUT2D eigenvalue weighted by Crippen LogP contribution is 2.34. The molecule has 4 rings (SSSR count). The van der Waals surface area contributed by atoms with E-state index in [-0.39, 0.29) is 18.0 Å². The topological polar surface area (TPSA) is 155 Å². The van der Waals surface area contributed by atoms with Gasteiger partial charge in [-0.3, -0.25) is 19.2 Å². The van der Waals surface area contributed by atoms with E-state index < -0.39 is 35.7 Å². The number of amides is 4. The summed E-state index contributed by atoms with van der Waals surface area (Å²) in [6.07, 6.45) is 3.95. The monoisotopic (exact) mass is 503 g/mol. The lowest BCUT2D eigenvalue weighted by atomic mass is 9.91. The quantitative estimate of drug-likeness (QED) is 0.333. The number of methoxy groups -OCH3 is 1. The van der Waals surface area contributed by atoms with Crippen molar-refractivity contribution in [3.05, 3.63) is 28.9 Å². The maximum absolute atomic E-state index is 13.1. The fraction of sp³-hybridized carbons (Fsp3) is 0.500. The van der Waals surface area contributed by atoms with E-state index in [9.17, 15) is 19.2 Å². The molecule has 3 atom stereocenters. The summed E-state index contributed by atoms with van der Waals surface area (Å²) >= 11 is 6.29. The van der Waals surface area contributed by atoms with Crippen LogP contribution in [0, 0.1) is 11.8 Å². The van der Waals surface area contributed by atoms with Gasteiger partial charge in [0, 0.05) is 23.9 Å². The number of hydrogen-bond acceptors (Lipinski definition) is 5. The minimum Gasteiger partial charge on any atom is -0.497 e. The Morgan fingerprint density at radius 3 is 2.57 bits per heavy atom. The van der Waals surface area contributed by atoms with Gasteiger partial charge in [0.1, 0.15) is 23.5 Å². The number of primary amides is 1. The van der Waals surface area contributed by atoms with Crippen LogP contribution >= 0.6 is 11.6 Å². The second-order valence-electron chi connectivity index (χ2n) is 9.29. The molecular weight excluding hydrogens is 474 g/mol. The van der Waals surface area contributed by atoms with Gasteiger partial charge in [-0.25, -0.2) is 0 Å². The number of hydrogen-bond donors (Lipinski definition) is 5. The SMILES string of the molecule is COc1cc(Cl)c2[nH]c(C(=O)NC(CC3CC3)C(=O)NC(CC3CCCNC3=O)C(N)=O)cc2c1. The van der Waals surface area contributed by atoms with Crippen LogP contribution in [0.15, 0.2) is 18.2 Å². The summed E-state index contributed by atoms with van der Waals surface area (Å²) in [5.74, 6) is -1.35. The molecule has 6 N–H and O–H groups in total. The first-order chi connectivity index (χ1) is 16.7. The highest BCUT2D eigenvalue weighted by atomic mass is 35.5. The molecule has 1 aromatic carbocycles. The number of nitrogens with one attached hydrogen (secondary N) is 4. The van der Waals surface area contributed by atoms with Crippen molar-refractivity contribution < 1.29 is 23.9 Å². The Morgan fingerprint density at radius 2 is 1.91 bits per heavy atom. The molecule has 2 heterocycles. The van der Waals surface area contributed by atoms with Crippen molar-refractivity contribution in [1.82, 2.24) is 20.9 Å². The fourth-order valence-corrected chi connectivity index (χ4v) is 4.70. The average molecular weight is 504 g/mol. The lowest BCUT2D eigenvalue weighted by Crippen LogP contribution is -2.54. The molecule has 35 heavy (non-hydrogen) atoms. The fourth-order valence-electron chi connectivity index (χ4n) is 4.43. The van der Waals surface area contributed by atoms with E-state index in [2.05, 4.69) is 20.9 Å². The van der Waals surface area contributed by atoms with Gasteiger partial charge >= 0.3 is 0 Å². The van der Waals surface area contributed by atoms with Crippen LogP contribution < -0.4 is 26.4 Å². The first-order valence-electron chi connectivity index (χ1n) is 11.8. The Hall–Kier alpha value is -3.27. The van der Waals surface area contributed by atoms with Gasteiger partial charge in [0.25, 0.3) is 5.91 Å². The number of fused-ring (bicyclic) bond motifs is 1. The maximum atomic E-state index is 13.1. The van der Waals surface area contributed by atoms with Crippen LogP contribution in [0.4, 0.5) is 0 Å². The van der Waals surface area contributed by atoms with Crippen molar-refractivity contribution >= 4 is 46.1 Å². The molecule has 0 spiro atoms. The van der Waals surface area contributed by atoms with E-state index in [1.54, 1.807) is 18.2 Å². The molecule has 3 unspecified atom stereocenters. The molecule has 11 heteroatoms. The van der Waals surface area contributed by atoms with Crippen LogP contribution in [0.5, 0.6) is 5.75 Å². The Bertz CT molecular complexity index is 1140. The molecule has 1 aliphatic carbocycles. The van der Waals surface area contributed by atoms with Crippen LogP contribution in [0.3, 0.4) is 0 Å². The summed E-state index contributed by atoms with van der Waals surface area (Å²) in [7, 11) is 1.53. The highest BCUT2D eigenvalue weighted by Gasteiger charge is 2.34. The summed E-state index contributed by atoms with van der Waals surface area (Å²) < 4.78 is 5.22. The molecular formula is C24H30ClN5O5. The minimum absolute atomic E-state index is 0.124. The second kappa shape index (κ2) is 10.6. The summed E-state index contributed by atoms with van der Waals surface area (Å²) in [5.41, 5.74) is 6.36. The number of carbonyl (C=O) groups is 4. The zero-order valence-electron chi connectivity index (χ0n) is 19.5. The van der Waals surface area contributed by atoms with E-state index >= 15 is 0 Å². The third-order valence-electron chi connectivity index (χ3n) is 6.60. The Labute approximate surface area is 207 Å². The van der Waals surface area contributed by atoms with E-state index in [0.29, 0.717) is 47.0 Å². The number of aromatic amines is 1. The number of nitrogens with two attached hydrogens (primary N) is 1. The molecule has 10 nitrogen and oxygen atoms in total. The van der Waals surface area contributed by atoms with E-state index in [0.717, 1.165) is 19.3 Å². The zero-order chi connectivity index (χ0) is 25.1. The first kappa shape index (κ1) is 24.8. The largest absolute Gasteiger partial charge is 0.497 e. The van der Waals surface area contributed by atoms with E-state index in [4.69, 9.17) is 22.1 Å². The summed E-state index contributed by atoms with van der Waals surface area (Å²) in [4.78, 5) is 53.3. The normalized spacial score (nSPS) is 19.5. The Morgan fingerprint density at radius 1 is 1.14 bits per heavy atom. The summed E-state index contributed by atoms with van der Waals surface area (Å²) in [6, 6.07) is 3.17. The third kappa shape index (κ3) is 6.05. The Kier molecular flexibility index (Phi) is 7.49. The molecule has 188 valence electrons. The molecule has 4 amide bonds. The molecule has 1 aromatic heterocycles. The van der Waals surface area contributed by atoms with Gasteiger partial charge in [0.05, 0.1) is 17.6 Å². The number of ether oxygens (including phenoxy) is 1. The molecule has 2 aliphatic rings. The number of aromatic nitrogens is 1. The van der Waals surface area contributed by atoms with Gasteiger partial charge in [-0.15, -0.1) is 0 Å². The van der Waals surface area contributed by atoms with Gasteiger partial charge in [-0.1, -0.05) is 24.4 Å². The molecule has 2 fully saturated rings. The zero-order valence-corrected chi connectivity index (χ0v) is 20.2. The van der Waals surface area contributed by atoms with Crippen molar-refractivity contribution in [3.8, 4) is 5.75 Å². The molecule has 2 aromatic rings. The number of benzene rings is 1. The number of rotatable bonds is 10. The smallest absolute Gasteiger partial charge is 0.268 e. The standard InChI is InChI=1S/C24H30ClN5O5/c1-35-15-8-14-10-19(28-20(14)16(25)11-15)24(34)30-18(7-12-4-5-12)23(33)29-17(21(26)31)9-13-3-2-6-27-22(13)32/h8,10-13,17-18,28H,2-7,9H2,1H3,(H2,26,31)(H,27,32)(H,29,33)(H,30,34). The summed E-state index contributed by atoms with van der Waals surface area (Å²) in [5, 5.41) is 9.32.